The van der Waals surface area contributed by atoms with Crippen LogP contribution in [0.5, 0.6) is 0 Å². The third kappa shape index (κ3) is 2.37. The van der Waals surface area contributed by atoms with Gasteiger partial charge in [0.15, 0.2) is 10.8 Å². The smallest absolute Gasteiger partial charge is 0.311 e. The van der Waals surface area contributed by atoms with Gasteiger partial charge in [-0.3, -0.25) is 4.79 Å². The second-order valence-electron chi connectivity index (χ2n) is 4.05. The van der Waals surface area contributed by atoms with Gasteiger partial charge in [0.05, 0.1) is 19.2 Å². The number of thiazole rings is 1. The Bertz CT molecular complexity index is 696. The van der Waals surface area contributed by atoms with Crippen LogP contribution in [0.3, 0.4) is 0 Å². The first kappa shape index (κ1) is 11.9. The van der Waals surface area contributed by atoms with Crippen molar-refractivity contribution in [2.24, 2.45) is 0 Å². The van der Waals surface area contributed by atoms with Crippen molar-refractivity contribution in [2.75, 3.05) is 7.11 Å². The molecule has 0 atom stereocenters. The monoisotopic (exact) mass is 273 g/mol. The highest BCUT2D eigenvalue weighted by molar-refractivity contribution is 7.13. The summed E-state index contributed by atoms with van der Waals surface area (Å²) in [6.45, 7) is 0. The molecule has 0 aliphatic heterocycles. The zero-order valence-electron chi connectivity index (χ0n) is 10.3. The molecule has 2 heterocycles. The van der Waals surface area contributed by atoms with E-state index < -0.39 is 0 Å². The second kappa shape index (κ2) is 4.85. The van der Waals surface area contributed by atoms with E-state index in [1.54, 1.807) is 0 Å². The number of esters is 1. The number of ether oxygens (including phenoxy) is 1. The van der Waals surface area contributed by atoms with E-state index in [1.165, 1.54) is 18.4 Å². The fraction of sp³-hybridized carbons (Fsp3) is 0.143. The van der Waals surface area contributed by atoms with Crippen LogP contribution < -0.4 is 0 Å². The Hall–Kier alpha value is -2.14. The number of carbonyl (C=O) groups excluding carboxylic acids is 1. The molecule has 4 nitrogen and oxygen atoms in total. The molecule has 0 unspecified atom stereocenters. The van der Waals surface area contributed by atoms with Crippen LogP contribution in [0, 0.1) is 0 Å². The minimum atomic E-state index is -0.290. The summed E-state index contributed by atoms with van der Waals surface area (Å²) in [4.78, 5) is 15.6. The fourth-order valence-electron chi connectivity index (χ4n) is 1.81. The van der Waals surface area contributed by atoms with Gasteiger partial charge < -0.3 is 9.15 Å². The first-order valence-corrected chi connectivity index (χ1v) is 6.64. The van der Waals surface area contributed by atoms with E-state index in [2.05, 4.69) is 9.72 Å². The minimum absolute atomic E-state index is 0.188. The van der Waals surface area contributed by atoms with Gasteiger partial charge in [-0.1, -0.05) is 18.2 Å². The predicted molar refractivity (Wildman–Crippen MR) is 73.0 cm³/mol. The van der Waals surface area contributed by atoms with Gasteiger partial charge in [-0.2, -0.15) is 0 Å². The van der Waals surface area contributed by atoms with E-state index in [0.29, 0.717) is 5.69 Å². The number of para-hydroxylation sites is 1. The van der Waals surface area contributed by atoms with Crippen LogP contribution in [-0.2, 0) is 16.0 Å². The summed E-state index contributed by atoms with van der Waals surface area (Å²) in [7, 11) is 1.37. The minimum Gasteiger partial charge on any atom is -0.469 e. The highest BCUT2D eigenvalue weighted by atomic mass is 32.1. The van der Waals surface area contributed by atoms with Gasteiger partial charge in [0, 0.05) is 10.8 Å². The molecule has 0 N–H and O–H groups in total. The Morgan fingerprint density at radius 1 is 1.42 bits per heavy atom. The van der Waals surface area contributed by atoms with E-state index in [4.69, 9.17) is 4.42 Å². The lowest BCUT2D eigenvalue weighted by molar-refractivity contribution is -0.139. The largest absolute Gasteiger partial charge is 0.469 e. The summed E-state index contributed by atoms with van der Waals surface area (Å²) in [6.07, 6.45) is 0.188. The van der Waals surface area contributed by atoms with Crippen molar-refractivity contribution < 1.29 is 13.9 Å². The summed E-state index contributed by atoms with van der Waals surface area (Å²) < 4.78 is 10.3. The Morgan fingerprint density at radius 3 is 3.05 bits per heavy atom. The number of hydrogen-bond acceptors (Lipinski definition) is 5. The number of rotatable bonds is 3. The lowest BCUT2D eigenvalue weighted by atomic mass is 10.2. The van der Waals surface area contributed by atoms with Gasteiger partial charge in [0.1, 0.15) is 5.58 Å². The molecule has 0 radical (unpaired) electrons. The quantitative estimate of drug-likeness (QED) is 0.687. The van der Waals surface area contributed by atoms with Gasteiger partial charge in [-0.15, -0.1) is 11.3 Å². The number of hydrogen-bond donors (Lipinski definition) is 0. The van der Waals surface area contributed by atoms with Crippen molar-refractivity contribution in [3.05, 3.63) is 41.4 Å². The van der Waals surface area contributed by atoms with Gasteiger partial charge in [-0.05, 0) is 12.1 Å². The molecule has 19 heavy (non-hydrogen) atoms. The maximum atomic E-state index is 11.2. The lowest BCUT2D eigenvalue weighted by Gasteiger charge is -1.93. The number of aromatic nitrogens is 1. The first-order valence-electron chi connectivity index (χ1n) is 5.76. The van der Waals surface area contributed by atoms with Crippen LogP contribution in [0.15, 0.2) is 40.1 Å². The van der Waals surface area contributed by atoms with E-state index in [0.717, 1.165) is 21.7 Å². The standard InChI is InChI=1S/C14H11NO3S/c1-17-13(16)7-10-8-19-14(15-10)12-6-9-4-2-3-5-11(9)18-12/h2-6,8H,7H2,1H3. The van der Waals surface area contributed by atoms with Crippen LogP contribution >= 0.6 is 11.3 Å². The summed E-state index contributed by atoms with van der Waals surface area (Å²) in [5, 5.41) is 3.66. The molecule has 3 aromatic rings. The van der Waals surface area contributed by atoms with Crippen LogP contribution in [0.2, 0.25) is 0 Å². The van der Waals surface area contributed by atoms with E-state index in [-0.39, 0.29) is 12.4 Å². The third-order valence-electron chi connectivity index (χ3n) is 2.74. The first-order chi connectivity index (χ1) is 9.26. The molecule has 0 bridgehead atoms. The zero-order chi connectivity index (χ0) is 13.2. The number of fused-ring (bicyclic) bond motifs is 1. The van der Waals surface area contributed by atoms with Crippen molar-refractivity contribution in [1.29, 1.82) is 0 Å². The Kier molecular flexibility index (Phi) is 3.05. The van der Waals surface area contributed by atoms with Gasteiger partial charge in [0.25, 0.3) is 0 Å². The van der Waals surface area contributed by atoms with Crippen molar-refractivity contribution in [1.82, 2.24) is 4.98 Å². The number of carbonyl (C=O) groups is 1. The molecule has 96 valence electrons. The van der Waals surface area contributed by atoms with E-state index in [1.807, 2.05) is 35.7 Å². The molecule has 1 aromatic carbocycles. The van der Waals surface area contributed by atoms with Crippen LogP contribution in [0.25, 0.3) is 21.7 Å². The summed E-state index contributed by atoms with van der Waals surface area (Å²) >= 11 is 1.46. The van der Waals surface area contributed by atoms with Gasteiger partial charge in [0.2, 0.25) is 0 Å². The zero-order valence-corrected chi connectivity index (χ0v) is 11.1. The second-order valence-corrected chi connectivity index (χ2v) is 4.90. The number of furan rings is 1. The summed E-state index contributed by atoms with van der Waals surface area (Å²) in [6, 6.07) is 9.76. The topological polar surface area (TPSA) is 52.3 Å². The third-order valence-corrected chi connectivity index (χ3v) is 3.65. The molecule has 0 aliphatic carbocycles. The van der Waals surface area contributed by atoms with Gasteiger partial charge in [-0.25, -0.2) is 4.98 Å². The number of nitrogens with zero attached hydrogens (tertiary/aromatic N) is 1. The molecule has 0 saturated heterocycles. The van der Waals surface area contributed by atoms with Crippen molar-refractivity contribution in [2.45, 2.75) is 6.42 Å². The lowest BCUT2D eigenvalue weighted by Crippen LogP contribution is -2.04. The SMILES string of the molecule is COC(=O)Cc1csc(-c2cc3ccccc3o2)n1. The predicted octanol–water partition coefficient (Wildman–Crippen LogP) is 3.27. The number of benzene rings is 1. The van der Waals surface area contributed by atoms with E-state index in [9.17, 15) is 4.79 Å². The van der Waals surface area contributed by atoms with Crippen LogP contribution in [-0.4, -0.2) is 18.1 Å². The Balaban J connectivity index is 1.91. The molecular weight excluding hydrogens is 262 g/mol. The molecular formula is C14H11NO3S. The molecule has 5 heteroatoms. The molecule has 0 amide bonds. The highest BCUT2D eigenvalue weighted by Crippen LogP contribution is 2.29. The average Bonchev–Trinajstić information content (AvgIpc) is 3.04. The number of methoxy groups -OCH3 is 1. The fourth-order valence-corrected chi connectivity index (χ4v) is 2.58. The molecule has 0 spiro atoms. The van der Waals surface area contributed by atoms with Crippen molar-refractivity contribution in [3.63, 3.8) is 0 Å². The highest BCUT2D eigenvalue weighted by Gasteiger charge is 2.12. The maximum absolute atomic E-state index is 11.2. The van der Waals surface area contributed by atoms with Crippen molar-refractivity contribution in [3.8, 4) is 10.8 Å². The van der Waals surface area contributed by atoms with Crippen molar-refractivity contribution >= 4 is 28.3 Å². The summed E-state index contributed by atoms with van der Waals surface area (Å²) in [5.74, 6) is 0.434. The van der Waals surface area contributed by atoms with Crippen LogP contribution in [0.4, 0.5) is 0 Å². The normalized spacial score (nSPS) is 10.8. The average molecular weight is 273 g/mol. The maximum Gasteiger partial charge on any atom is 0.311 e. The van der Waals surface area contributed by atoms with Gasteiger partial charge >= 0.3 is 5.97 Å². The molecule has 0 aliphatic rings. The van der Waals surface area contributed by atoms with E-state index >= 15 is 0 Å². The Labute approximate surface area is 113 Å². The molecule has 3 rings (SSSR count). The molecule has 0 fully saturated rings. The molecule has 2 aromatic heterocycles. The molecule has 0 saturated carbocycles. The summed E-state index contributed by atoms with van der Waals surface area (Å²) in [5.41, 5.74) is 1.54. The Morgan fingerprint density at radius 2 is 2.26 bits per heavy atom. The van der Waals surface area contributed by atoms with Crippen LogP contribution in [0.1, 0.15) is 5.69 Å².